The monoisotopic (exact) mass is 599 g/mol. The van der Waals surface area contributed by atoms with Crippen molar-refractivity contribution in [1.82, 2.24) is 9.80 Å². The molecule has 3 atom stereocenters. The lowest BCUT2D eigenvalue weighted by Crippen LogP contribution is -2.49. The number of likely N-dealkylation sites (N-methyl/N-ethyl adjacent to an activating group) is 1. The van der Waals surface area contributed by atoms with E-state index in [0.717, 1.165) is 29.8 Å². The summed E-state index contributed by atoms with van der Waals surface area (Å²) in [5.41, 5.74) is 1.39. The minimum Gasteiger partial charge on any atom is -0.488 e. The summed E-state index contributed by atoms with van der Waals surface area (Å²) < 4.78 is 47.9. The Hall–Kier alpha value is -4.00. The second-order valence-corrected chi connectivity index (χ2v) is 12.3. The number of fused-ring (bicyclic) bond motifs is 1. The van der Waals surface area contributed by atoms with E-state index < -0.39 is 33.8 Å². The van der Waals surface area contributed by atoms with Crippen molar-refractivity contribution in [2.45, 2.75) is 37.4 Å². The molecule has 224 valence electrons. The van der Waals surface area contributed by atoms with Crippen LogP contribution >= 0.6 is 0 Å². The number of aliphatic hydroxyl groups excluding tert-OH is 1. The first kappa shape index (κ1) is 30.9. The number of hydrogen-bond acceptors (Lipinski definition) is 7. The van der Waals surface area contributed by atoms with Crippen molar-refractivity contribution < 1.29 is 37.3 Å². The smallest absolute Gasteiger partial charge is 0.335 e. The minimum atomic E-state index is -4.06. The first-order valence-corrected chi connectivity index (χ1v) is 14.9. The Bertz CT molecular complexity index is 1530. The molecule has 0 unspecified atom stereocenters. The molecule has 42 heavy (non-hydrogen) atoms. The minimum absolute atomic E-state index is 0.124. The molecule has 1 aliphatic rings. The number of nitrogens with zero attached hydrogens (tertiary/aromatic N) is 2. The molecule has 3 aromatic rings. The predicted molar refractivity (Wildman–Crippen MR) is 155 cm³/mol. The molecule has 0 spiro atoms. The highest BCUT2D eigenvalue weighted by Crippen LogP contribution is 2.31. The van der Waals surface area contributed by atoms with Gasteiger partial charge in [-0.05, 0) is 74.1 Å². The van der Waals surface area contributed by atoms with Gasteiger partial charge in [0.15, 0.2) is 0 Å². The van der Waals surface area contributed by atoms with Gasteiger partial charge in [0, 0.05) is 31.2 Å². The number of sulfonamides is 1. The number of carbonyl (C=O) groups excluding carboxylic acids is 1. The quantitative estimate of drug-likeness (QED) is 0.321. The first-order chi connectivity index (χ1) is 19.9. The van der Waals surface area contributed by atoms with Crippen LogP contribution in [0, 0.1) is 11.7 Å². The van der Waals surface area contributed by atoms with Crippen LogP contribution in [0.1, 0.15) is 40.1 Å². The van der Waals surface area contributed by atoms with Crippen molar-refractivity contribution in [2.24, 2.45) is 5.92 Å². The van der Waals surface area contributed by atoms with Crippen molar-refractivity contribution in [3.8, 4) is 5.75 Å². The van der Waals surface area contributed by atoms with Crippen LogP contribution in [-0.2, 0) is 16.6 Å². The van der Waals surface area contributed by atoms with E-state index in [9.17, 15) is 27.5 Å². The molecule has 0 bridgehead atoms. The van der Waals surface area contributed by atoms with E-state index in [-0.39, 0.29) is 52.6 Å². The van der Waals surface area contributed by atoms with E-state index >= 15 is 0 Å². The highest BCUT2D eigenvalue weighted by Gasteiger charge is 2.33. The number of aliphatic hydroxyl groups is 1. The van der Waals surface area contributed by atoms with Gasteiger partial charge in [-0.3, -0.25) is 14.4 Å². The Morgan fingerprint density at radius 2 is 1.81 bits per heavy atom. The number of ether oxygens (including phenoxy) is 1. The molecule has 3 N–H and O–H groups in total. The molecule has 0 aliphatic carbocycles. The van der Waals surface area contributed by atoms with E-state index in [1.165, 1.54) is 18.2 Å². The molecule has 12 heteroatoms. The number of nitrogens with one attached hydrogen (secondary N) is 1. The highest BCUT2D eigenvalue weighted by molar-refractivity contribution is 7.92. The average Bonchev–Trinajstić information content (AvgIpc) is 2.95. The number of aromatic carboxylic acids is 1. The Morgan fingerprint density at radius 3 is 2.43 bits per heavy atom. The van der Waals surface area contributed by atoms with Crippen LogP contribution in [0.15, 0.2) is 71.6 Å². The average molecular weight is 600 g/mol. The van der Waals surface area contributed by atoms with E-state index in [2.05, 4.69) is 4.72 Å². The zero-order valence-corrected chi connectivity index (χ0v) is 24.3. The fourth-order valence-corrected chi connectivity index (χ4v) is 5.82. The molecular weight excluding hydrogens is 565 g/mol. The third kappa shape index (κ3) is 7.25. The zero-order valence-electron chi connectivity index (χ0n) is 23.5. The molecule has 0 saturated heterocycles. The normalized spacial score (nSPS) is 18.0. The van der Waals surface area contributed by atoms with Gasteiger partial charge in [-0.25, -0.2) is 17.6 Å². The second kappa shape index (κ2) is 12.9. The molecule has 0 radical (unpaired) electrons. The number of amides is 1. The third-order valence-corrected chi connectivity index (χ3v) is 8.58. The van der Waals surface area contributed by atoms with Gasteiger partial charge in [-0.2, -0.15) is 0 Å². The summed E-state index contributed by atoms with van der Waals surface area (Å²) in [6, 6.07) is 14.9. The number of carbonyl (C=O) groups is 2. The summed E-state index contributed by atoms with van der Waals surface area (Å²) in [5.74, 6) is -1.83. The van der Waals surface area contributed by atoms with Crippen molar-refractivity contribution in [1.29, 1.82) is 0 Å². The standard InChI is InChI=1S/C30H34FN3O7S/c1-19-15-34(20(2)18-35)29(36)26-14-24(32-42(39,40)25-11-8-23(31)9-12-25)10-13-27(26)41-28(19)17-33(3)16-21-4-6-22(7-5-21)30(37)38/h4-14,19-20,28,32,35H,15-18H2,1-3H3,(H,37,38)/t19-,20+,28+/m1/s1. The van der Waals surface area contributed by atoms with Crippen molar-refractivity contribution in [2.75, 3.05) is 31.5 Å². The number of carboxylic acids is 1. The van der Waals surface area contributed by atoms with E-state index in [1.54, 1.807) is 36.1 Å². The number of anilines is 1. The molecule has 10 nitrogen and oxygen atoms in total. The lowest BCUT2D eigenvalue weighted by molar-refractivity contribution is 0.0341. The largest absolute Gasteiger partial charge is 0.488 e. The van der Waals surface area contributed by atoms with Gasteiger partial charge in [-0.15, -0.1) is 0 Å². The summed E-state index contributed by atoms with van der Waals surface area (Å²) in [6.07, 6.45) is -0.379. The van der Waals surface area contributed by atoms with Crippen LogP contribution in [0.4, 0.5) is 10.1 Å². The number of hydrogen-bond donors (Lipinski definition) is 3. The van der Waals surface area contributed by atoms with Gasteiger partial charge in [0.05, 0.1) is 28.7 Å². The van der Waals surface area contributed by atoms with Gasteiger partial charge in [0.1, 0.15) is 17.7 Å². The summed E-state index contributed by atoms with van der Waals surface area (Å²) in [5, 5.41) is 19.0. The fraction of sp³-hybridized carbons (Fsp3) is 0.333. The molecule has 1 aliphatic heterocycles. The number of rotatable bonds is 10. The van der Waals surface area contributed by atoms with Gasteiger partial charge in [0.25, 0.3) is 15.9 Å². The predicted octanol–water partition coefficient (Wildman–Crippen LogP) is 3.68. The van der Waals surface area contributed by atoms with Gasteiger partial charge in [0.2, 0.25) is 0 Å². The Labute approximate surface area is 244 Å². The molecule has 1 heterocycles. The number of benzene rings is 3. The molecule has 3 aromatic carbocycles. The fourth-order valence-electron chi connectivity index (χ4n) is 4.77. The van der Waals surface area contributed by atoms with Crippen LogP contribution in [-0.4, -0.2) is 79.2 Å². The van der Waals surface area contributed by atoms with Gasteiger partial charge in [-0.1, -0.05) is 19.1 Å². The van der Waals surface area contributed by atoms with Crippen LogP contribution in [0.3, 0.4) is 0 Å². The van der Waals surface area contributed by atoms with Gasteiger partial charge < -0.3 is 19.8 Å². The Kier molecular flexibility index (Phi) is 9.50. The van der Waals surface area contributed by atoms with Crippen molar-refractivity contribution >= 4 is 27.6 Å². The highest BCUT2D eigenvalue weighted by atomic mass is 32.2. The molecule has 1 amide bonds. The summed E-state index contributed by atoms with van der Waals surface area (Å²) >= 11 is 0. The van der Waals surface area contributed by atoms with E-state index in [1.807, 2.05) is 18.9 Å². The maximum Gasteiger partial charge on any atom is 0.335 e. The lowest BCUT2D eigenvalue weighted by atomic mass is 9.99. The Morgan fingerprint density at radius 1 is 1.14 bits per heavy atom. The maximum atomic E-state index is 13.7. The van der Waals surface area contributed by atoms with Gasteiger partial charge >= 0.3 is 5.97 Å². The molecule has 0 fully saturated rings. The summed E-state index contributed by atoms with van der Waals surface area (Å²) in [7, 11) is -2.15. The zero-order chi connectivity index (χ0) is 30.6. The van der Waals surface area contributed by atoms with Crippen LogP contribution in [0.5, 0.6) is 5.75 Å². The van der Waals surface area contributed by atoms with Crippen molar-refractivity contribution in [3.05, 3.63) is 89.2 Å². The van der Waals surface area contributed by atoms with E-state index in [4.69, 9.17) is 9.84 Å². The van der Waals surface area contributed by atoms with Crippen LogP contribution in [0.2, 0.25) is 0 Å². The summed E-state index contributed by atoms with van der Waals surface area (Å²) in [4.78, 5) is 28.3. The molecule has 4 rings (SSSR count). The second-order valence-electron chi connectivity index (χ2n) is 10.6. The lowest BCUT2D eigenvalue weighted by Gasteiger charge is -2.38. The number of carboxylic acid groups (broad SMARTS) is 1. The number of halogens is 1. The van der Waals surface area contributed by atoms with E-state index in [0.29, 0.717) is 13.1 Å². The molecule has 0 saturated carbocycles. The molecular formula is C30H34FN3O7S. The first-order valence-electron chi connectivity index (χ1n) is 13.4. The third-order valence-electron chi connectivity index (χ3n) is 7.19. The van der Waals surface area contributed by atoms with Crippen LogP contribution < -0.4 is 9.46 Å². The molecule has 0 aromatic heterocycles. The van der Waals surface area contributed by atoms with Crippen LogP contribution in [0.25, 0.3) is 0 Å². The Balaban J connectivity index is 1.60. The summed E-state index contributed by atoms with van der Waals surface area (Å²) in [6.45, 7) is 4.71. The SMILES string of the molecule is C[C@@H]1CN([C@@H](C)CO)C(=O)c2cc(NS(=O)(=O)c3ccc(F)cc3)ccc2O[C@H]1CN(C)Cc1ccc(C(=O)O)cc1. The topological polar surface area (TPSA) is 136 Å². The maximum absolute atomic E-state index is 13.7. The van der Waals surface area contributed by atoms with Crippen molar-refractivity contribution in [3.63, 3.8) is 0 Å².